The molecule has 2 rings (SSSR count). The first-order valence-corrected chi connectivity index (χ1v) is 6.94. The molecule has 21 heavy (non-hydrogen) atoms. The van der Waals surface area contributed by atoms with Crippen molar-refractivity contribution in [2.75, 3.05) is 13.7 Å². The zero-order valence-electron chi connectivity index (χ0n) is 11.3. The molecule has 0 saturated heterocycles. The van der Waals surface area contributed by atoms with Crippen LogP contribution in [0.3, 0.4) is 0 Å². The Bertz CT molecular complexity index is 612. The van der Waals surface area contributed by atoms with Crippen LogP contribution >= 0.6 is 15.9 Å². The highest BCUT2D eigenvalue weighted by Crippen LogP contribution is 2.16. The summed E-state index contributed by atoms with van der Waals surface area (Å²) in [5.41, 5.74) is 0.324. The van der Waals surface area contributed by atoms with Crippen LogP contribution in [-0.4, -0.2) is 39.8 Å². The monoisotopic (exact) mass is 355 g/mol. The first-order valence-electron chi connectivity index (χ1n) is 6.14. The Labute approximate surface area is 129 Å². The van der Waals surface area contributed by atoms with Gasteiger partial charge in [0.15, 0.2) is 5.69 Å². The molecule has 0 aliphatic rings. The molecule has 0 saturated carbocycles. The summed E-state index contributed by atoms with van der Waals surface area (Å²) in [4.78, 5) is 11.0. The summed E-state index contributed by atoms with van der Waals surface area (Å²) >= 11 is 3.35. The second-order valence-electron chi connectivity index (χ2n) is 4.15. The van der Waals surface area contributed by atoms with Crippen molar-refractivity contribution in [2.24, 2.45) is 0 Å². The summed E-state index contributed by atoms with van der Waals surface area (Å²) in [6, 6.07) is 7.43. The van der Waals surface area contributed by atoms with Crippen LogP contribution in [0.5, 0.6) is 5.75 Å². The Kier molecular flexibility index (Phi) is 5.29. The molecular weight excluding hydrogens is 342 g/mol. The molecular formula is C13H14BrN3O4. The Morgan fingerprint density at radius 2 is 2.10 bits per heavy atom. The summed E-state index contributed by atoms with van der Waals surface area (Å²) in [5.74, 6) is -0.396. The van der Waals surface area contributed by atoms with Crippen molar-refractivity contribution in [3.8, 4) is 5.75 Å². The molecule has 0 spiro atoms. The van der Waals surface area contributed by atoms with Crippen LogP contribution in [0.2, 0.25) is 0 Å². The lowest BCUT2D eigenvalue weighted by Gasteiger charge is -2.08. The van der Waals surface area contributed by atoms with E-state index in [-0.39, 0.29) is 12.3 Å². The summed E-state index contributed by atoms with van der Waals surface area (Å²) in [6.45, 7) is 0.864. The van der Waals surface area contributed by atoms with Gasteiger partial charge in [0.1, 0.15) is 12.4 Å². The average Bonchev–Trinajstić information content (AvgIpc) is 2.85. The number of hydrogen-bond acceptors (Lipinski definition) is 5. The Balaban J connectivity index is 1.99. The van der Waals surface area contributed by atoms with Gasteiger partial charge in [0.05, 0.1) is 18.8 Å². The highest BCUT2D eigenvalue weighted by atomic mass is 79.9. The van der Waals surface area contributed by atoms with Gasteiger partial charge in [-0.05, 0) is 24.3 Å². The highest BCUT2D eigenvalue weighted by Gasteiger charge is 2.18. The Hall–Kier alpha value is -1.93. The summed E-state index contributed by atoms with van der Waals surface area (Å²) < 4.78 is 13.0. The first kappa shape index (κ1) is 15.5. The van der Waals surface area contributed by atoms with Gasteiger partial charge in [0.2, 0.25) is 0 Å². The Morgan fingerprint density at radius 3 is 2.71 bits per heavy atom. The fraction of sp³-hybridized carbons (Fsp3) is 0.308. The van der Waals surface area contributed by atoms with Crippen LogP contribution in [0.4, 0.5) is 0 Å². The molecule has 0 bridgehead atoms. The van der Waals surface area contributed by atoms with E-state index in [4.69, 9.17) is 14.6 Å². The van der Waals surface area contributed by atoms with Gasteiger partial charge in [-0.1, -0.05) is 21.1 Å². The molecule has 0 amide bonds. The first-order chi connectivity index (χ1) is 10.1. The van der Waals surface area contributed by atoms with E-state index in [0.717, 1.165) is 10.2 Å². The molecule has 8 heteroatoms. The molecule has 1 N–H and O–H groups in total. The lowest BCUT2D eigenvalue weighted by Crippen LogP contribution is -2.14. The van der Waals surface area contributed by atoms with E-state index in [1.807, 2.05) is 24.3 Å². The van der Waals surface area contributed by atoms with Gasteiger partial charge in [0, 0.05) is 11.6 Å². The maximum absolute atomic E-state index is 11.0. The lowest BCUT2D eigenvalue weighted by atomic mass is 10.3. The standard InChI is InChI=1S/C13H14BrN3O4/c1-20-8-11-12(13(18)19)15-16-17(11)6-7-21-10-4-2-9(14)3-5-10/h2-5H,6-8H2,1H3,(H,18,19). The summed E-state index contributed by atoms with van der Waals surface area (Å²) in [7, 11) is 1.49. The molecule has 1 aromatic carbocycles. The van der Waals surface area contributed by atoms with Gasteiger partial charge in [0.25, 0.3) is 0 Å². The van der Waals surface area contributed by atoms with Crippen LogP contribution < -0.4 is 4.74 Å². The molecule has 0 aliphatic carbocycles. The molecule has 0 fully saturated rings. The third-order valence-electron chi connectivity index (χ3n) is 2.71. The van der Waals surface area contributed by atoms with Gasteiger partial charge >= 0.3 is 5.97 Å². The van der Waals surface area contributed by atoms with Crippen molar-refractivity contribution < 1.29 is 19.4 Å². The largest absolute Gasteiger partial charge is 0.492 e. The van der Waals surface area contributed by atoms with E-state index in [2.05, 4.69) is 26.2 Å². The molecule has 112 valence electrons. The second kappa shape index (κ2) is 7.19. The van der Waals surface area contributed by atoms with Gasteiger partial charge in [-0.3, -0.25) is 0 Å². The molecule has 0 atom stereocenters. The minimum Gasteiger partial charge on any atom is -0.492 e. The van der Waals surface area contributed by atoms with Crippen LogP contribution in [-0.2, 0) is 17.9 Å². The van der Waals surface area contributed by atoms with Crippen molar-refractivity contribution in [3.63, 3.8) is 0 Å². The number of benzene rings is 1. The number of halogens is 1. The van der Waals surface area contributed by atoms with E-state index in [9.17, 15) is 4.79 Å². The van der Waals surface area contributed by atoms with Crippen molar-refractivity contribution in [2.45, 2.75) is 13.2 Å². The van der Waals surface area contributed by atoms with Gasteiger partial charge in [-0.25, -0.2) is 9.48 Å². The van der Waals surface area contributed by atoms with Crippen LogP contribution in [0.25, 0.3) is 0 Å². The average molecular weight is 356 g/mol. The summed E-state index contributed by atoms with van der Waals surface area (Å²) in [5, 5.41) is 16.5. The molecule has 0 aliphatic heterocycles. The van der Waals surface area contributed by atoms with E-state index < -0.39 is 5.97 Å². The highest BCUT2D eigenvalue weighted by molar-refractivity contribution is 9.10. The SMILES string of the molecule is COCc1c(C(=O)O)nnn1CCOc1ccc(Br)cc1. The second-order valence-corrected chi connectivity index (χ2v) is 5.06. The predicted molar refractivity (Wildman–Crippen MR) is 77.3 cm³/mol. The number of aromatic carboxylic acids is 1. The third kappa shape index (κ3) is 4.02. The van der Waals surface area contributed by atoms with E-state index >= 15 is 0 Å². The molecule has 1 aromatic heterocycles. The number of rotatable bonds is 7. The number of carboxylic acid groups (broad SMARTS) is 1. The van der Waals surface area contributed by atoms with Crippen molar-refractivity contribution >= 4 is 21.9 Å². The van der Waals surface area contributed by atoms with E-state index in [1.165, 1.54) is 11.8 Å². The fourth-order valence-corrected chi connectivity index (χ4v) is 2.00. The van der Waals surface area contributed by atoms with Crippen LogP contribution in [0, 0.1) is 0 Å². The number of carboxylic acids is 1. The zero-order chi connectivity index (χ0) is 15.2. The smallest absolute Gasteiger partial charge is 0.358 e. The quantitative estimate of drug-likeness (QED) is 0.816. The number of hydrogen-bond donors (Lipinski definition) is 1. The van der Waals surface area contributed by atoms with E-state index in [1.54, 1.807) is 0 Å². The third-order valence-corrected chi connectivity index (χ3v) is 3.24. The number of aromatic nitrogens is 3. The lowest BCUT2D eigenvalue weighted by molar-refractivity contribution is 0.0684. The summed E-state index contributed by atoms with van der Waals surface area (Å²) in [6.07, 6.45) is 0. The number of methoxy groups -OCH3 is 1. The number of ether oxygens (including phenoxy) is 2. The van der Waals surface area contributed by atoms with Gasteiger partial charge in [-0.15, -0.1) is 5.10 Å². The Morgan fingerprint density at radius 1 is 1.38 bits per heavy atom. The van der Waals surface area contributed by atoms with Gasteiger partial charge < -0.3 is 14.6 Å². The van der Waals surface area contributed by atoms with Crippen molar-refractivity contribution in [3.05, 3.63) is 40.1 Å². The maximum atomic E-state index is 11.0. The molecule has 2 aromatic rings. The van der Waals surface area contributed by atoms with Crippen LogP contribution in [0.1, 0.15) is 16.2 Å². The molecule has 0 unspecified atom stereocenters. The number of nitrogens with zero attached hydrogens (tertiary/aromatic N) is 3. The molecule has 1 heterocycles. The molecule has 0 radical (unpaired) electrons. The fourth-order valence-electron chi connectivity index (χ4n) is 1.74. The topological polar surface area (TPSA) is 86.5 Å². The van der Waals surface area contributed by atoms with Gasteiger partial charge in [-0.2, -0.15) is 0 Å². The van der Waals surface area contributed by atoms with Crippen molar-refractivity contribution in [1.82, 2.24) is 15.0 Å². The normalized spacial score (nSPS) is 10.6. The van der Waals surface area contributed by atoms with Crippen LogP contribution in [0.15, 0.2) is 28.7 Å². The zero-order valence-corrected chi connectivity index (χ0v) is 12.9. The minimum absolute atomic E-state index is 0.0968. The molecule has 7 nitrogen and oxygen atoms in total. The van der Waals surface area contributed by atoms with Crippen molar-refractivity contribution in [1.29, 1.82) is 0 Å². The minimum atomic E-state index is -1.12. The number of carbonyl (C=O) groups is 1. The van der Waals surface area contributed by atoms with E-state index in [0.29, 0.717) is 18.8 Å². The maximum Gasteiger partial charge on any atom is 0.358 e. The predicted octanol–water partition coefficient (Wildman–Crippen LogP) is 1.96.